The van der Waals surface area contributed by atoms with Gasteiger partial charge in [-0.15, -0.1) is 12.6 Å². The van der Waals surface area contributed by atoms with E-state index in [0.717, 1.165) is 0 Å². The number of carboxylic acids is 1. The molecule has 0 radical (unpaired) electrons. The molecular formula is C2H3F3O9S2. The number of rotatable bonds is 0. The third-order valence-corrected chi connectivity index (χ3v) is 0.243. The van der Waals surface area contributed by atoms with E-state index in [2.05, 4.69) is 0 Å². The largest absolute Gasteiger partial charge is 0.490 e. The summed E-state index contributed by atoms with van der Waals surface area (Å²) in [5.74, 6) is -2.76. The summed E-state index contributed by atoms with van der Waals surface area (Å²) in [4.78, 5) is 8.90. The average molecular weight is 292 g/mol. The Hall–Kier alpha value is -1.25. The van der Waals surface area contributed by atoms with Gasteiger partial charge in [-0.2, -0.15) is 21.6 Å². The third-order valence-electron chi connectivity index (χ3n) is 0.243. The van der Waals surface area contributed by atoms with Crippen LogP contribution in [0.1, 0.15) is 0 Å². The molecule has 0 aliphatic rings. The molecule has 0 aromatic heterocycles. The van der Waals surface area contributed by atoms with Crippen LogP contribution in [0.25, 0.3) is 0 Å². The Morgan fingerprint density at radius 2 is 1.12 bits per heavy atom. The van der Waals surface area contributed by atoms with Gasteiger partial charge in [0, 0.05) is 0 Å². The van der Waals surface area contributed by atoms with Gasteiger partial charge in [0.1, 0.15) is 0 Å². The molecule has 0 aliphatic carbocycles. The lowest BCUT2D eigenvalue weighted by Gasteiger charge is -1.93. The molecule has 14 heteroatoms. The van der Waals surface area contributed by atoms with E-state index in [1.807, 2.05) is 0 Å². The van der Waals surface area contributed by atoms with Crippen molar-refractivity contribution in [3.05, 3.63) is 0 Å². The maximum atomic E-state index is 10.6. The fourth-order valence-electron chi connectivity index (χ4n) is 0. The van der Waals surface area contributed by atoms with Crippen LogP contribution in [0.4, 0.5) is 13.2 Å². The summed E-state index contributed by atoms with van der Waals surface area (Å²) in [6.07, 6.45) is -5.08. The fraction of sp³-hybridized carbons (Fsp3) is 0.500. The van der Waals surface area contributed by atoms with Crippen LogP contribution in [0.15, 0.2) is 0 Å². The van der Waals surface area contributed by atoms with E-state index in [0.29, 0.717) is 0 Å². The van der Waals surface area contributed by atoms with Crippen LogP contribution in [0.5, 0.6) is 0 Å². The Balaban J connectivity index is -0.000000166. The molecule has 0 atom stereocenters. The molecule has 3 N–H and O–H groups in total. The molecule has 16 heavy (non-hydrogen) atoms. The number of halogens is 3. The van der Waals surface area contributed by atoms with Gasteiger partial charge in [-0.25, -0.2) is 4.79 Å². The van der Waals surface area contributed by atoms with Crippen molar-refractivity contribution in [2.45, 2.75) is 6.18 Å². The van der Waals surface area contributed by atoms with Gasteiger partial charge >= 0.3 is 33.2 Å². The number of carboxylic acid groups (broad SMARTS) is 1. The van der Waals surface area contributed by atoms with E-state index in [4.69, 9.17) is 40.1 Å². The minimum Gasteiger partial charge on any atom is -0.475 e. The number of alkyl halides is 3. The molecule has 0 saturated carbocycles. The van der Waals surface area contributed by atoms with Gasteiger partial charge in [-0.05, 0) is 0 Å². The van der Waals surface area contributed by atoms with E-state index >= 15 is 0 Å². The highest BCUT2D eigenvalue weighted by Gasteiger charge is 2.38. The van der Waals surface area contributed by atoms with Crippen molar-refractivity contribution in [1.29, 1.82) is 0 Å². The Morgan fingerprint density at radius 3 is 1.12 bits per heavy atom. The van der Waals surface area contributed by atoms with Crippen LogP contribution >= 0.6 is 0 Å². The van der Waals surface area contributed by atoms with Crippen molar-refractivity contribution in [3.63, 3.8) is 0 Å². The van der Waals surface area contributed by atoms with Crippen molar-refractivity contribution in [1.82, 2.24) is 0 Å². The number of carbonyl (C=O) groups is 1. The van der Waals surface area contributed by atoms with Gasteiger partial charge in [0.15, 0.2) is 0 Å². The monoisotopic (exact) mass is 292 g/mol. The van der Waals surface area contributed by atoms with Crippen LogP contribution in [-0.4, -0.2) is 47.4 Å². The number of hydrogen-bond acceptors (Lipinski definition) is 6. The summed E-state index contributed by atoms with van der Waals surface area (Å²) < 4.78 is 88.7. The first-order valence-corrected chi connectivity index (χ1v) is 4.84. The van der Waals surface area contributed by atoms with Gasteiger partial charge in [0.05, 0.1) is 0 Å². The van der Waals surface area contributed by atoms with Crippen molar-refractivity contribution in [3.8, 4) is 0 Å². The summed E-state index contributed by atoms with van der Waals surface area (Å²) in [5, 5.41) is 7.12. The van der Waals surface area contributed by atoms with E-state index in [1.54, 1.807) is 0 Å². The second-order valence-electron chi connectivity index (χ2n) is 1.45. The van der Waals surface area contributed by atoms with Gasteiger partial charge in [-0.1, -0.05) is 0 Å². The molecule has 0 aromatic carbocycles. The van der Waals surface area contributed by atoms with Crippen LogP contribution < -0.4 is 0 Å². The maximum absolute atomic E-state index is 10.6. The first-order chi connectivity index (χ1) is 6.68. The first kappa shape index (κ1) is 20.2. The summed E-state index contributed by atoms with van der Waals surface area (Å²) >= 11 is 0. The molecule has 0 aromatic rings. The Labute approximate surface area is 87.1 Å². The van der Waals surface area contributed by atoms with E-state index in [-0.39, 0.29) is 0 Å². The Kier molecular flexibility index (Phi) is 10.1. The SMILES string of the molecule is O=C(O)C(F)(F)F.O=S(=O)(O)O.O=S(=O)=O. The molecule has 0 spiro atoms. The zero-order chi connectivity index (χ0) is 14.2. The summed E-state index contributed by atoms with van der Waals surface area (Å²) in [7, 11) is -7.78. The van der Waals surface area contributed by atoms with E-state index in [1.165, 1.54) is 0 Å². The van der Waals surface area contributed by atoms with Crippen molar-refractivity contribution >= 4 is 27.0 Å². The molecule has 0 aliphatic heterocycles. The standard InChI is InChI=1S/C2HF3O2.H2O4S.O3S/c3-2(4,5)1(6)7;1-5(2,3)4;1-4(2)3/h(H,6,7);(H2,1,2,3,4);. The summed E-state index contributed by atoms with van der Waals surface area (Å²) in [6, 6.07) is 0. The number of hydrogen-bond donors (Lipinski definition) is 3. The molecule has 0 amide bonds. The second kappa shape index (κ2) is 7.97. The average Bonchev–Trinajstić information content (AvgIpc) is 1.77. The molecule has 0 unspecified atom stereocenters. The van der Waals surface area contributed by atoms with Crippen molar-refractivity contribution in [2.75, 3.05) is 0 Å². The highest BCUT2D eigenvalue weighted by Crippen LogP contribution is 2.13. The van der Waals surface area contributed by atoms with Crippen molar-refractivity contribution < 1.29 is 53.2 Å². The van der Waals surface area contributed by atoms with Gasteiger partial charge in [0.2, 0.25) is 0 Å². The van der Waals surface area contributed by atoms with Crippen molar-refractivity contribution in [2.24, 2.45) is 0 Å². The molecule has 0 saturated heterocycles. The maximum Gasteiger partial charge on any atom is 0.490 e. The molecule has 98 valence electrons. The van der Waals surface area contributed by atoms with E-state index < -0.39 is 33.2 Å². The zero-order valence-corrected chi connectivity index (χ0v) is 8.37. The minimum absolute atomic E-state index is 2.76. The second-order valence-corrected chi connectivity index (χ2v) is 2.76. The van der Waals surface area contributed by atoms with Gasteiger partial charge in [0.25, 0.3) is 0 Å². The molecule has 0 bridgehead atoms. The zero-order valence-electron chi connectivity index (χ0n) is 6.74. The summed E-state index contributed by atoms with van der Waals surface area (Å²) in [5.41, 5.74) is 0. The quantitative estimate of drug-likeness (QED) is 0.474. The topological polar surface area (TPSA) is 163 Å². The predicted molar refractivity (Wildman–Crippen MR) is 37.6 cm³/mol. The van der Waals surface area contributed by atoms with Crippen LogP contribution in [0, 0.1) is 0 Å². The van der Waals surface area contributed by atoms with Crippen LogP contribution in [0.3, 0.4) is 0 Å². The van der Waals surface area contributed by atoms with Crippen LogP contribution in [-0.2, 0) is 25.8 Å². The molecule has 9 nitrogen and oxygen atoms in total. The summed E-state index contributed by atoms with van der Waals surface area (Å²) in [6.45, 7) is 0. The molecular weight excluding hydrogens is 289 g/mol. The van der Waals surface area contributed by atoms with Gasteiger partial charge < -0.3 is 5.11 Å². The Morgan fingerprint density at radius 1 is 1.06 bits per heavy atom. The third kappa shape index (κ3) is 78.0. The molecule has 0 fully saturated rings. The lowest BCUT2D eigenvalue weighted by molar-refractivity contribution is -0.192. The lowest BCUT2D eigenvalue weighted by atomic mass is 10.7. The smallest absolute Gasteiger partial charge is 0.475 e. The molecule has 0 rings (SSSR count). The lowest BCUT2D eigenvalue weighted by Crippen LogP contribution is -2.21. The first-order valence-electron chi connectivity index (χ1n) is 2.44. The molecule has 0 heterocycles. The van der Waals surface area contributed by atoms with Gasteiger partial charge in [-0.3, -0.25) is 9.11 Å². The minimum atomic E-state index is -5.08. The predicted octanol–water partition coefficient (Wildman–Crippen LogP) is -1.02. The Bertz CT molecular complexity index is 384. The van der Waals surface area contributed by atoms with Crippen LogP contribution in [0.2, 0.25) is 0 Å². The van der Waals surface area contributed by atoms with E-state index in [9.17, 15) is 13.2 Å². The fourth-order valence-corrected chi connectivity index (χ4v) is 0. The number of aliphatic carboxylic acids is 1. The normalized spacial score (nSPS) is 10.1. The highest BCUT2D eigenvalue weighted by molar-refractivity contribution is 7.79. The highest BCUT2D eigenvalue weighted by atomic mass is 32.3.